The van der Waals surface area contributed by atoms with E-state index in [4.69, 9.17) is 4.99 Å². The number of thioether (sulfide) groups is 1. The molecule has 0 spiro atoms. The van der Waals surface area contributed by atoms with Gasteiger partial charge in [-0.1, -0.05) is 43.0 Å². The van der Waals surface area contributed by atoms with Gasteiger partial charge in [0.15, 0.2) is 5.17 Å². The lowest BCUT2D eigenvalue weighted by atomic mass is 10.0. The van der Waals surface area contributed by atoms with Crippen LogP contribution >= 0.6 is 11.8 Å². The normalized spacial score (nSPS) is 24.1. The van der Waals surface area contributed by atoms with Crippen LogP contribution in [0.2, 0.25) is 0 Å². The van der Waals surface area contributed by atoms with Crippen molar-refractivity contribution in [3.63, 3.8) is 0 Å². The fourth-order valence-corrected chi connectivity index (χ4v) is 5.22. The van der Waals surface area contributed by atoms with E-state index < -0.39 is 0 Å². The Morgan fingerprint density at radius 2 is 1.89 bits per heavy atom. The second kappa shape index (κ2) is 6.57. The molecule has 1 aromatic carbocycles. The largest absolute Gasteiger partial charge is 0.339 e. The standard InChI is InChI=1S/C22H22N4S/c1-15-8-3-4-10-18(15)25-13-7-11-19(25)21-20(17-9-5-6-12-23-17)24-22-26(21)14-16(2)27-22/h3-13,16,20-21H,14H2,1-2H3/t16-,20+,21-/m0/s1. The Balaban J connectivity index is 1.63. The quantitative estimate of drug-likeness (QED) is 0.662. The highest BCUT2D eigenvalue weighted by Crippen LogP contribution is 2.47. The van der Waals surface area contributed by atoms with Gasteiger partial charge >= 0.3 is 0 Å². The van der Waals surface area contributed by atoms with Gasteiger partial charge in [0, 0.05) is 35.6 Å². The number of aliphatic imine (C=N–C) groups is 1. The zero-order chi connectivity index (χ0) is 18.4. The molecule has 2 aliphatic rings. The van der Waals surface area contributed by atoms with Crippen LogP contribution in [0.4, 0.5) is 0 Å². The number of pyridine rings is 1. The number of aryl methyl sites for hydroxylation is 1. The molecule has 5 rings (SSSR count). The average molecular weight is 375 g/mol. The van der Waals surface area contributed by atoms with Crippen LogP contribution in [0.25, 0.3) is 5.69 Å². The first kappa shape index (κ1) is 16.6. The predicted molar refractivity (Wildman–Crippen MR) is 111 cm³/mol. The smallest absolute Gasteiger partial charge is 0.160 e. The SMILES string of the molecule is Cc1ccccc1-n1cccc1[C@H]1[C@@H](c2ccccn2)N=C2S[C@@H](C)CN21. The Bertz CT molecular complexity index is 994. The van der Waals surface area contributed by atoms with E-state index in [-0.39, 0.29) is 12.1 Å². The van der Waals surface area contributed by atoms with Crippen molar-refractivity contribution < 1.29 is 0 Å². The summed E-state index contributed by atoms with van der Waals surface area (Å²) in [4.78, 5) is 12.2. The van der Waals surface area contributed by atoms with Crippen molar-refractivity contribution in [3.05, 3.63) is 83.9 Å². The third-order valence-electron chi connectivity index (χ3n) is 5.34. The number of nitrogens with zero attached hydrogens (tertiary/aromatic N) is 4. The average Bonchev–Trinajstić information content (AvgIpc) is 3.36. The summed E-state index contributed by atoms with van der Waals surface area (Å²) in [6, 6.07) is 19.2. The number of hydrogen-bond acceptors (Lipinski definition) is 4. The third-order valence-corrected chi connectivity index (χ3v) is 6.44. The molecule has 5 heteroatoms. The Morgan fingerprint density at radius 1 is 1.04 bits per heavy atom. The molecule has 1 fully saturated rings. The van der Waals surface area contributed by atoms with Crippen LogP contribution in [0.3, 0.4) is 0 Å². The molecule has 0 N–H and O–H groups in total. The van der Waals surface area contributed by atoms with E-state index in [1.807, 2.05) is 24.0 Å². The van der Waals surface area contributed by atoms with Gasteiger partial charge in [0.25, 0.3) is 0 Å². The number of para-hydroxylation sites is 1. The number of hydrogen-bond donors (Lipinski definition) is 0. The van der Waals surface area contributed by atoms with Crippen LogP contribution in [0.5, 0.6) is 0 Å². The summed E-state index contributed by atoms with van der Waals surface area (Å²) < 4.78 is 2.32. The first-order chi connectivity index (χ1) is 13.2. The molecule has 1 saturated heterocycles. The van der Waals surface area contributed by atoms with Crippen molar-refractivity contribution in [2.24, 2.45) is 4.99 Å². The van der Waals surface area contributed by atoms with E-state index in [0.29, 0.717) is 5.25 Å². The van der Waals surface area contributed by atoms with Crippen molar-refractivity contribution in [1.29, 1.82) is 0 Å². The summed E-state index contributed by atoms with van der Waals surface area (Å²) in [7, 11) is 0. The lowest BCUT2D eigenvalue weighted by Crippen LogP contribution is -2.30. The second-order valence-electron chi connectivity index (χ2n) is 7.23. The molecular formula is C22H22N4S. The molecule has 0 amide bonds. The van der Waals surface area contributed by atoms with Gasteiger partial charge in [-0.25, -0.2) is 0 Å². The van der Waals surface area contributed by atoms with Gasteiger partial charge in [0.1, 0.15) is 6.04 Å². The van der Waals surface area contributed by atoms with Gasteiger partial charge in [0.05, 0.1) is 11.7 Å². The highest BCUT2D eigenvalue weighted by molar-refractivity contribution is 8.14. The lowest BCUT2D eigenvalue weighted by molar-refractivity contribution is 0.312. The highest BCUT2D eigenvalue weighted by atomic mass is 32.2. The van der Waals surface area contributed by atoms with E-state index >= 15 is 0 Å². The second-order valence-corrected chi connectivity index (χ2v) is 8.63. The molecular weight excluding hydrogens is 352 g/mol. The van der Waals surface area contributed by atoms with Crippen molar-refractivity contribution in [2.75, 3.05) is 6.54 Å². The number of fused-ring (bicyclic) bond motifs is 1. The molecule has 0 bridgehead atoms. The van der Waals surface area contributed by atoms with Crippen molar-refractivity contribution in [3.8, 4) is 5.69 Å². The first-order valence-corrected chi connectivity index (χ1v) is 10.3. The third kappa shape index (κ3) is 2.77. The maximum Gasteiger partial charge on any atom is 0.160 e. The van der Waals surface area contributed by atoms with E-state index in [2.05, 4.69) is 83.0 Å². The number of aromatic nitrogens is 2. The van der Waals surface area contributed by atoms with E-state index in [0.717, 1.165) is 17.4 Å². The van der Waals surface area contributed by atoms with Gasteiger partial charge in [0.2, 0.25) is 0 Å². The Labute approximate surface area is 164 Å². The summed E-state index contributed by atoms with van der Waals surface area (Å²) in [5.74, 6) is 0. The Kier molecular flexibility index (Phi) is 4.05. The minimum Gasteiger partial charge on any atom is -0.339 e. The Hall–Kier alpha value is -2.53. The summed E-state index contributed by atoms with van der Waals surface area (Å²) in [5, 5.41) is 1.72. The van der Waals surface area contributed by atoms with Gasteiger partial charge in [-0.05, 0) is 42.8 Å². The summed E-state index contributed by atoms with van der Waals surface area (Å²) in [5.41, 5.74) is 4.81. The highest BCUT2D eigenvalue weighted by Gasteiger charge is 2.44. The molecule has 2 aromatic heterocycles. The molecule has 0 unspecified atom stereocenters. The molecule has 136 valence electrons. The van der Waals surface area contributed by atoms with E-state index in [1.165, 1.54) is 16.9 Å². The molecule has 0 aliphatic carbocycles. The van der Waals surface area contributed by atoms with Gasteiger partial charge in [-0.3, -0.25) is 9.98 Å². The van der Waals surface area contributed by atoms with E-state index in [1.54, 1.807) is 0 Å². The number of rotatable bonds is 3. The van der Waals surface area contributed by atoms with Gasteiger partial charge in [-0.2, -0.15) is 0 Å². The summed E-state index contributed by atoms with van der Waals surface area (Å²) in [6.45, 7) is 5.47. The molecule has 3 aromatic rings. The van der Waals surface area contributed by atoms with Crippen LogP contribution < -0.4 is 0 Å². The topological polar surface area (TPSA) is 33.4 Å². The molecule has 0 saturated carbocycles. The van der Waals surface area contributed by atoms with Gasteiger partial charge in [-0.15, -0.1) is 0 Å². The van der Waals surface area contributed by atoms with Crippen LogP contribution in [0.15, 0.2) is 72.0 Å². The van der Waals surface area contributed by atoms with Crippen molar-refractivity contribution >= 4 is 16.9 Å². The fourth-order valence-electron chi connectivity index (χ4n) is 4.13. The fraction of sp³-hybridized carbons (Fsp3) is 0.273. The first-order valence-electron chi connectivity index (χ1n) is 9.37. The van der Waals surface area contributed by atoms with Crippen molar-refractivity contribution in [1.82, 2.24) is 14.5 Å². The Morgan fingerprint density at radius 3 is 2.70 bits per heavy atom. The monoisotopic (exact) mass is 374 g/mol. The summed E-state index contributed by atoms with van der Waals surface area (Å²) in [6.07, 6.45) is 4.03. The van der Waals surface area contributed by atoms with Crippen molar-refractivity contribution in [2.45, 2.75) is 31.2 Å². The maximum absolute atomic E-state index is 5.10. The van der Waals surface area contributed by atoms with Gasteiger partial charge < -0.3 is 9.47 Å². The predicted octanol–water partition coefficient (Wildman–Crippen LogP) is 4.77. The molecule has 3 atom stereocenters. The minimum atomic E-state index is 0.0267. The molecule has 27 heavy (non-hydrogen) atoms. The zero-order valence-corrected chi connectivity index (χ0v) is 16.3. The van der Waals surface area contributed by atoms with E-state index in [9.17, 15) is 0 Å². The van der Waals surface area contributed by atoms with Crippen LogP contribution in [0.1, 0.15) is 36.0 Å². The molecule has 4 heterocycles. The van der Waals surface area contributed by atoms with Crippen LogP contribution in [0, 0.1) is 6.92 Å². The van der Waals surface area contributed by atoms with Crippen LogP contribution in [-0.2, 0) is 0 Å². The number of benzene rings is 1. The maximum atomic E-state index is 5.10. The molecule has 2 aliphatic heterocycles. The molecule has 4 nitrogen and oxygen atoms in total. The minimum absolute atomic E-state index is 0.0267. The summed E-state index contributed by atoms with van der Waals surface area (Å²) >= 11 is 1.88. The number of amidine groups is 1. The lowest BCUT2D eigenvalue weighted by Gasteiger charge is -2.28. The zero-order valence-electron chi connectivity index (χ0n) is 15.5. The molecule has 0 radical (unpaired) electrons. The van der Waals surface area contributed by atoms with Crippen LogP contribution in [-0.4, -0.2) is 31.4 Å².